The molecule has 26 heavy (non-hydrogen) atoms. The molecule has 4 atom stereocenters. The lowest BCUT2D eigenvalue weighted by Gasteiger charge is -2.22. The molecule has 0 aromatic heterocycles. The van der Waals surface area contributed by atoms with Gasteiger partial charge in [0.1, 0.15) is 0 Å². The van der Waals surface area contributed by atoms with Gasteiger partial charge in [-0.15, -0.1) is 0 Å². The topological polar surface area (TPSA) is 87.0 Å². The summed E-state index contributed by atoms with van der Waals surface area (Å²) in [6.45, 7) is 2.22. The molecule has 152 valence electrons. The van der Waals surface area contributed by atoms with Crippen LogP contribution >= 0.6 is 0 Å². The minimum atomic E-state index is -2.07. The van der Waals surface area contributed by atoms with E-state index in [0.29, 0.717) is 18.3 Å². The number of carboxylic acids is 1. The Kier molecular flexibility index (Phi) is 11.1. The zero-order chi connectivity index (χ0) is 19.4. The smallest absolute Gasteiger partial charge is 0.364 e. The Hall–Kier alpha value is -0.910. The maximum Gasteiger partial charge on any atom is 0.364 e. The quantitative estimate of drug-likeness (QED) is 0.241. The van der Waals surface area contributed by atoms with Gasteiger partial charge in [0.05, 0.1) is 6.10 Å². The van der Waals surface area contributed by atoms with Crippen LogP contribution in [0.2, 0.25) is 0 Å². The molecule has 0 spiro atoms. The van der Waals surface area contributed by atoms with Crippen LogP contribution in [0.3, 0.4) is 0 Å². The molecule has 0 aromatic rings. The van der Waals surface area contributed by atoms with Crippen molar-refractivity contribution in [3.8, 4) is 0 Å². The standard InChI is InChI=1S/C21H38O5/c1-3-4-5-6-7-9-12-17-14-15-19(22)18(17)13-10-8-11-16-21(25,26-2)20(23)24/h9,12,17-19,22,25H,3-8,10-11,13-16H2,1-2H3,(H,23,24)/t17-,18+,19-,21?/m0/s1. The lowest BCUT2D eigenvalue weighted by Crippen LogP contribution is -2.40. The molecule has 0 bridgehead atoms. The van der Waals surface area contributed by atoms with Crippen molar-refractivity contribution in [3.63, 3.8) is 0 Å². The van der Waals surface area contributed by atoms with Gasteiger partial charge >= 0.3 is 5.97 Å². The van der Waals surface area contributed by atoms with Crippen LogP contribution in [-0.2, 0) is 9.53 Å². The summed E-state index contributed by atoms with van der Waals surface area (Å²) in [5.74, 6) is -2.64. The van der Waals surface area contributed by atoms with Crippen LogP contribution in [0, 0.1) is 11.8 Å². The van der Waals surface area contributed by atoms with Crippen LogP contribution in [0.4, 0.5) is 0 Å². The Morgan fingerprint density at radius 2 is 1.88 bits per heavy atom. The van der Waals surface area contributed by atoms with E-state index in [2.05, 4.69) is 19.1 Å². The van der Waals surface area contributed by atoms with Crippen molar-refractivity contribution in [2.24, 2.45) is 11.8 Å². The van der Waals surface area contributed by atoms with Crippen molar-refractivity contribution in [1.82, 2.24) is 0 Å². The number of ether oxygens (including phenoxy) is 1. The van der Waals surface area contributed by atoms with Crippen LogP contribution in [0.25, 0.3) is 0 Å². The van der Waals surface area contributed by atoms with Gasteiger partial charge in [0.25, 0.3) is 5.79 Å². The first-order chi connectivity index (χ1) is 12.4. The minimum absolute atomic E-state index is 0.0904. The summed E-state index contributed by atoms with van der Waals surface area (Å²) in [4.78, 5) is 11.0. The first kappa shape index (κ1) is 23.1. The van der Waals surface area contributed by atoms with Gasteiger partial charge in [-0.2, -0.15) is 0 Å². The number of hydrogen-bond donors (Lipinski definition) is 3. The summed E-state index contributed by atoms with van der Waals surface area (Å²) in [7, 11) is 1.21. The molecule has 5 heteroatoms. The highest BCUT2D eigenvalue weighted by Crippen LogP contribution is 2.37. The minimum Gasteiger partial charge on any atom is -0.477 e. The van der Waals surface area contributed by atoms with Crippen molar-refractivity contribution in [3.05, 3.63) is 12.2 Å². The molecule has 0 aromatic carbocycles. The van der Waals surface area contributed by atoms with Crippen LogP contribution in [0.15, 0.2) is 12.2 Å². The largest absolute Gasteiger partial charge is 0.477 e. The molecule has 1 aliphatic rings. The molecule has 0 heterocycles. The van der Waals surface area contributed by atoms with Crippen molar-refractivity contribution >= 4 is 5.97 Å². The summed E-state index contributed by atoms with van der Waals surface area (Å²) in [6.07, 6.45) is 15.9. The van der Waals surface area contributed by atoms with Crippen molar-refractivity contribution in [2.45, 2.75) is 95.9 Å². The molecule has 1 fully saturated rings. The van der Waals surface area contributed by atoms with E-state index in [1.165, 1.54) is 32.8 Å². The monoisotopic (exact) mass is 370 g/mol. The second-order valence-corrected chi connectivity index (χ2v) is 7.64. The lowest BCUT2D eigenvalue weighted by atomic mass is 9.88. The van der Waals surface area contributed by atoms with E-state index in [9.17, 15) is 15.0 Å². The van der Waals surface area contributed by atoms with E-state index in [-0.39, 0.29) is 12.5 Å². The molecule has 0 saturated heterocycles. The van der Waals surface area contributed by atoms with Gasteiger partial charge < -0.3 is 20.1 Å². The summed E-state index contributed by atoms with van der Waals surface area (Å²) in [5, 5.41) is 29.0. The SMILES string of the molecule is CCCCCCC=C[C@H]1CC[C@H](O)[C@@H]1CCCCCC(O)(OC)C(=O)O. The third-order valence-electron chi connectivity index (χ3n) is 5.67. The molecule has 0 amide bonds. The molecule has 1 rings (SSSR count). The lowest BCUT2D eigenvalue weighted by molar-refractivity contribution is -0.216. The molecule has 5 nitrogen and oxygen atoms in total. The molecule has 3 N–H and O–H groups in total. The van der Waals surface area contributed by atoms with E-state index in [4.69, 9.17) is 9.84 Å². The van der Waals surface area contributed by atoms with E-state index >= 15 is 0 Å². The van der Waals surface area contributed by atoms with Gasteiger partial charge in [-0.3, -0.25) is 0 Å². The number of rotatable bonds is 14. The molecule has 0 aliphatic heterocycles. The number of carbonyl (C=O) groups is 1. The third-order valence-corrected chi connectivity index (χ3v) is 5.67. The average molecular weight is 371 g/mol. The molecule has 1 unspecified atom stereocenters. The fraction of sp³-hybridized carbons (Fsp3) is 0.857. The number of allylic oxidation sites excluding steroid dienone is 2. The summed E-state index contributed by atoms with van der Waals surface area (Å²) in [6, 6.07) is 0. The third kappa shape index (κ3) is 7.77. The highest BCUT2D eigenvalue weighted by Gasteiger charge is 2.35. The number of aliphatic hydroxyl groups is 2. The van der Waals surface area contributed by atoms with Crippen molar-refractivity contribution < 1.29 is 24.9 Å². The van der Waals surface area contributed by atoms with Crippen molar-refractivity contribution in [1.29, 1.82) is 0 Å². The van der Waals surface area contributed by atoms with Gasteiger partial charge in [0.2, 0.25) is 0 Å². The Morgan fingerprint density at radius 3 is 2.54 bits per heavy atom. The first-order valence-electron chi connectivity index (χ1n) is 10.3. The van der Waals surface area contributed by atoms with Gasteiger partial charge in [-0.05, 0) is 50.4 Å². The van der Waals surface area contributed by atoms with Gasteiger partial charge in [0, 0.05) is 13.5 Å². The number of hydrogen-bond acceptors (Lipinski definition) is 4. The van der Waals surface area contributed by atoms with Gasteiger partial charge in [-0.25, -0.2) is 4.79 Å². The fourth-order valence-corrected chi connectivity index (χ4v) is 3.90. The van der Waals surface area contributed by atoms with E-state index < -0.39 is 11.8 Å². The number of aliphatic hydroxyl groups excluding tert-OH is 1. The zero-order valence-electron chi connectivity index (χ0n) is 16.5. The Labute approximate surface area is 158 Å². The van der Waals surface area contributed by atoms with Crippen LogP contribution < -0.4 is 0 Å². The Balaban J connectivity index is 2.28. The van der Waals surface area contributed by atoms with Gasteiger partial charge in [-0.1, -0.05) is 51.2 Å². The normalized spacial score (nSPS) is 25.6. The van der Waals surface area contributed by atoms with Crippen LogP contribution in [0.1, 0.15) is 84.0 Å². The van der Waals surface area contributed by atoms with E-state index in [1.807, 2.05) is 0 Å². The van der Waals surface area contributed by atoms with Crippen LogP contribution in [-0.4, -0.2) is 40.3 Å². The zero-order valence-corrected chi connectivity index (χ0v) is 16.5. The fourth-order valence-electron chi connectivity index (χ4n) is 3.90. The second-order valence-electron chi connectivity index (χ2n) is 7.64. The maximum atomic E-state index is 11.0. The second kappa shape index (κ2) is 12.5. The summed E-state index contributed by atoms with van der Waals surface area (Å²) >= 11 is 0. The number of unbranched alkanes of at least 4 members (excludes halogenated alkanes) is 6. The first-order valence-corrected chi connectivity index (χ1v) is 10.3. The van der Waals surface area contributed by atoms with Crippen LogP contribution in [0.5, 0.6) is 0 Å². The molecule has 1 aliphatic carbocycles. The predicted molar refractivity (Wildman–Crippen MR) is 103 cm³/mol. The Morgan fingerprint density at radius 1 is 1.15 bits per heavy atom. The molecule has 1 saturated carbocycles. The molecule has 0 radical (unpaired) electrons. The molecular formula is C21H38O5. The number of carboxylic acid groups (broad SMARTS) is 1. The number of methoxy groups -OCH3 is 1. The van der Waals surface area contributed by atoms with E-state index in [0.717, 1.165) is 38.5 Å². The summed E-state index contributed by atoms with van der Waals surface area (Å²) < 4.78 is 4.70. The van der Waals surface area contributed by atoms with E-state index in [1.54, 1.807) is 0 Å². The summed E-state index contributed by atoms with van der Waals surface area (Å²) in [5.41, 5.74) is 0. The number of aliphatic carboxylic acids is 1. The maximum absolute atomic E-state index is 11.0. The Bertz CT molecular complexity index is 423. The highest BCUT2D eigenvalue weighted by molar-refractivity contribution is 5.75. The molecular weight excluding hydrogens is 332 g/mol. The highest BCUT2D eigenvalue weighted by atomic mass is 16.6. The van der Waals surface area contributed by atoms with Gasteiger partial charge in [0.15, 0.2) is 0 Å². The van der Waals surface area contributed by atoms with Crippen molar-refractivity contribution in [2.75, 3.05) is 7.11 Å². The predicted octanol–water partition coefficient (Wildman–Crippen LogP) is 4.27. The average Bonchev–Trinajstić information content (AvgIpc) is 2.97.